The van der Waals surface area contributed by atoms with Crippen molar-refractivity contribution in [2.24, 2.45) is 0 Å². The van der Waals surface area contributed by atoms with Gasteiger partial charge >= 0.3 is 0 Å². The molecule has 0 aliphatic heterocycles. The summed E-state index contributed by atoms with van der Waals surface area (Å²) < 4.78 is 7.04. The van der Waals surface area contributed by atoms with Crippen LogP contribution in [0.4, 0.5) is 5.69 Å². The molecule has 0 aliphatic rings. The average Bonchev–Trinajstić information content (AvgIpc) is 3.37. The van der Waals surface area contributed by atoms with E-state index in [1.165, 1.54) is 28.7 Å². The van der Waals surface area contributed by atoms with Gasteiger partial charge in [0.05, 0.1) is 23.9 Å². The lowest BCUT2D eigenvalue weighted by atomic mass is 10.1. The minimum Gasteiger partial charge on any atom is -0.467 e. The Balaban J connectivity index is 1.59. The lowest BCUT2D eigenvalue weighted by Gasteiger charge is -2.11. The van der Waals surface area contributed by atoms with E-state index in [0.29, 0.717) is 21.1 Å². The highest BCUT2D eigenvalue weighted by Crippen LogP contribution is 2.28. The van der Waals surface area contributed by atoms with Gasteiger partial charge in [-0.25, -0.2) is 4.98 Å². The van der Waals surface area contributed by atoms with Gasteiger partial charge in [-0.2, -0.15) is 0 Å². The first-order chi connectivity index (χ1) is 15.0. The zero-order valence-corrected chi connectivity index (χ0v) is 19.2. The summed E-state index contributed by atoms with van der Waals surface area (Å²) in [6.07, 6.45) is 2.53. The molecule has 0 fully saturated rings. The van der Waals surface area contributed by atoms with Crippen LogP contribution in [0.25, 0.3) is 10.2 Å². The monoisotopic (exact) mass is 453 g/mol. The van der Waals surface area contributed by atoms with E-state index >= 15 is 0 Å². The first-order valence-electron chi connectivity index (χ1n) is 10.0. The summed E-state index contributed by atoms with van der Waals surface area (Å²) in [4.78, 5) is 32.3. The van der Waals surface area contributed by atoms with Crippen LogP contribution in [0.3, 0.4) is 0 Å². The minimum absolute atomic E-state index is 0.110. The number of carbonyl (C=O) groups is 1. The highest BCUT2D eigenvalue weighted by atomic mass is 32.2. The summed E-state index contributed by atoms with van der Waals surface area (Å²) in [5.74, 6) is 0.663. The van der Waals surface area contributed by atoms with Crippen LogP contribution in [0.5, 0.6) is 0 Å². The molecule has 160 valence electrons. The molecule has 0 saturated heterocycles. The summed E-state index contributed by atoms with van der Waals surface area (Å²) in [6.45, 7) is 6.29. The lowest BCUT2D eigenvalue weighted by molar-refractivity contribution is -0.113. The number of thiophene rings is 1. The van der Waals surface area contributed by atoms with E-state index in [1.54, 1.807) is 16.9 Å². The number of anilines is 1. The quantitative estimate of drug-likeness (QED) is 0.314. The number of nitrogens with zero attached hydrogens (tertiary/aromatic N) is 2. The number of amides is 1. The van der Waals surface area contributed by atoms with Crippen LogP contribution in [0.1, 0.15) is 28.7 Å². The summed E-state index contributed by atoms with van der Waals surface area (Å²) in [7, 11) is 0. The van der Waals surface area contributed by atoms with Crippen LogP contribution in [0.2, 0.25) is 0 Å². The molecule has 0 aliphatic carbocycles. The molecule has 0 unspecified atom stereocenters. The fourth-order valence-corrected chi connectivity index (χ4v) is 5.14. The maximum atomic E-state index is 13.3. The van der Waals surface area contributed by atoms with Crippen LogP contribution >= 0.6 is 23.1 Å². The van der Waals surface area contributed by atoms with Crippen molar-refractivity contribution in [3.63, 3.8) is 0 Å². The second-order valence-corrected chi connectivity index (χ2v) is 9.36. The number of nitrogens with one attached hydrogen (secondary N) is 1. The van der Waals surface area contributed by atoms with Crippen LogP contribution in [0.15, 0.2) is 57.0 Å². The van der Waals surface area contributed by atoms with Crippen molar-refractivity contribution in [2.75, 3.05) is 11.1 Å². The number of fused-ring (bicyclic) bond motifs is 1. The van der Waals surface area contributed by atoms with Crippen LogP contribution in [-0.4, -0.2) is 21.2 Å². The third-order valence-corrected chi connectivity index (χ3v) is 7.20. The maximum absolute atomic E-state index is 13.3. The molecule has 6 nitrogen and oxygen atoms in total. The van der Waals surface area contributed by atoms with Gasteiger partial charge in [0.25, 0.3) is 5.56 Å². The van der Waals surface area contributed by atoms with Crippen LogP contribution in [-0.2, 0) is 17.8 Å². The van der Waals surface area contributed by atoms with Gasteiger partial charge in [0.15, 0.2) is 5.16 Å². The summed E-state index contributed by atoms with van der Waals surface area (Å²) >= 11 is 2.76. The number of hydrogen-bond donors (Lipinski definition) is 1. The molecule has 1 aromatic carbocycles. The van der Waals surface area contributed by atoms with Crippen LogP contribution in [0, 0.1) is 13.8 Å². The number of rotatable bonds is 7. The van der Waals surface area contributed by atoms with Crippen molar-refractivity contribution in [3.05, 3.63) is 74.8 Å². The molecule has 0 radical (unpaired) electrons. The Labute approximate surface area is 188 Å². The Bertz CT molecular complexity index is 1270. The van der Waals surface area contributed by atoms with E-state index in [0.717, 1.165) is 22.5 Å². The van der Waals surface area contributed by atoms with Gasteiger partial charge in [0, 0.05) is 10.6 Å². The van der Waals surface area contributed by atoms with E-state index < -0.39 is 0 Å². The average molecular weight is 454 g/mol. The highest BCUT2D eigenvalue weighted by Gasteiger charge is 2.18. The third-order valence-electron chi connectivity index (χ3n) is 5.13. The minimum atomic E-state index is -0.147. The molecule has 0 spiro atoms. The largest absolute Gasteiger partial charge is 0.467 e. The van der Waals surface area contributed by atoms with Gasteiger partial charge in [0.2, 0.25) is 5.91 Å². The molecular formula is C23H23N3O3S2. The Morgan fingerprint density at radius 2 is 2.00 bits per heavy atom. The van der Waals surface area contributed by atoms with E-state index in [2.05, 4.69) is 12.2 Å². The maximum Gasteiger partial charge on any atom is 0.263 e. The normalized spacial score (nSPS) is 11.2. The van der Waals surface area contributed by atoms with Crippen molar-refractivity contribution in [1.29, 1.82) is 0 Å². The van der Waals surface area contributed by atoms with E-state index in [-0.39, 0.29) is 23.8 Å². The number of aryl methyl sites for hydroxylation is 3. The molecule has 4 rings (SSSR count). The summed E-state index contributed by atoms with van der Waals surface area (Å²) in [6, 6.07) is 11.4. The van der Waals surface area contributed by atoms with Gasteiger partial charge in [-0.3, -0.25) is 14.2 Å². The summed E-state index contributed by atoms with van der Waals surface area (Å²) in [5, 5.41) is 4.05. The molecule has 0 bridgehead atoms. The van der Waals surface area contributed by atoms with Gasteiger partial charge in [-0.05, 0) is 55.7 Å². The molecular weight excluding hydrogens is 430 g/mol. The predicted molar refractivity (Wildman–Crippen MR) is 126 cm³/mol. The number of aromatic nitrogens is 2. The van der Waals surface area contributed by atoms with Gasteiger partial charge in [-0.1, -0.05) is 30.8 Å². The topological polar surface area (TPSA) is 77.1 Å². The molecule has 8 heteroatoms. The van der Waals surface area contributed by atoms with Crippen molar-refractivity contribution in [2.45, 2.75) is 38.9 Å². The SMILES string of the molecule is CCc1ccc(NC(=O)CSc2nc3sc(C)c(C)c3c(=O)n2Cc2ccco2)cc1. The molecule has 3 heterocycles. The third kappa shape index (κ3) is 4.60. The Hall–Kier alpha value is -2.84. The lowest BCUT2D eigenvalue weighted by Crippen LogP contribution is -2.24. The molecule has 3 aromatic heterocycles. The van der Waals surface area contributed by atoms with Crippen molar-refractivity contribution >= 4 is 44.9 Å². The van der Waals surface area contributed by atoms with E-state index in [1.807, 2.05) is 44.2 Å². The Morgan fingerprint density at radius 1 is 1.23 bits per heavy atom. The Kier molecular flexibility index (Phi) is 6.29. The molecule has 0 atom stereocenters. The molecule has 0 saturated carbocycles. The number of thioether (sulfide) groups is 1. The molecule has 1 N–H and O–H groups in total. The zero-order chi connectivity index (χ0) is 22.0. The predicted octanol–water partition coefficient (Wildman–Crippen LogP) is 5.01. The highest BCUT2D eigenvalue weighted by molar-refractivity contribution is 7.99. The van der Waals surface area contributed by atoms with Crippen LogP contribution < -0.4 is 10.9 Å². The molecule has 1 amide bonds. The fraction of sp³-hybridized carbons (Fsp3) is 0.261. The number of hydrogen-bond acceptors (Lipinski definition) is 6. The van der Waals surface area contributed by atoms with Crippen molar-refractivity contribution < 1.29 is 9.21 Å². The number of carbonyl (C=O) groups excluding carboxylic acids is 1. The first-order valence-corrected chi connectivity index (χ1v) is 11.8. The Morgan fingerprint density at radius 3 is 2.68 bits per heavy atom. The number of furan rings is 1. The van der Waals surface area contributed by atoms with Gasteiger partial charge in [0.1, 0.15) is 10.6 Å². The second-order valence-electron chi connectivity index (χ2n) is 7.22. The van der Waals surface area contributed by atoms with Crippen molar-refractivity contribution in [3.8, 4) is 0 Å². The van der Waals surface area contributed by atoms with E-state index in [4.69, 9.17) is 9.40 Å². The first kappa shape index (κ1) is 21.4. The zero-order valence-electron chi connectivity index (χ0n) is 17.6. The van der Waals surface area contributed by atoms with Gasteiger partial charge < -0.3 is 9.73 Å². The fourth-order valence-electron chi connectivity index (χ4n) is 3.27. The standard InChI is InChI=1S/C23H23N3O3S2/c1-4-16-7-9-17(10-8-16)24-19(27)13-30-23-25-21-20(14(2)15(3)31-21)22(28)26(23)12-18-6-5-11-29-18/h5-11H,4,12-13H2,1-3H3,(H,24,27). The van der Waals surface area contributed by atoms with E-state index in [9.17, 15) is 9.59 Å². The number of benzene rings is 1. The summed E-state index contributed by atoms with van der Waals surface area (Å²) in [5.41, 5.74) is 2.81. The molecule has 4 aromatic rings. The van der Waals surface area contributed by atoms with Crippen molar-refractivity contribution in [1.82, 2.24) is 9.55 Å². The van der Waals surface area contributed by atoms with Gasteiger partial charge in [-0.15, -0.1) is 11.3 Å². The second kappa shape index (κ2) is 9.11. The smallest absolute Gasteiger partial charge is 0.263 e. The molecule has 31 heavy (non-hydrogen) atoms.